The van der Waals surface area contributed by atoms with Gasteiger partial charge in [-0.1, -0.05) is 12.2 Å². The average Bonchev–Trinajstić information content (AvgIpc) is 2.95. The van der Waals surface area contributed by atoms with Crippen LogP contribution in [0.1, 0.15) is 12.8 Å². The molecule has 0 saturated heterocycles. The third kappa shape index (κ3) is 0.682. The van der Waals surface area contributed by atoms with Gasteiger partial charge < -0.3 is 10.2 Å². The Morgan fingerprint density at radius 1 is 0.812 bits per heavy atom. The zero-order chi connectivity index (χ0) is 10.6. The second-order valence-electron chi connectivity index (χ2n) is 6.81. The van der Waals surface area contributed by atoms with Crippen LogP contribution in [-0.2, 0) is 0 Å². The molecule has 16 heavy (non-hydrogen) atoms. The van der Waals surface area contributed by atoms with Gasteiger partial charge in [0.15, 0.2) is 0 Å². The maximum absolute atomic E-state index is 10.3. The fourth-order valence-electron chi connectivity index (χ4n) is 6.52. The highest BCUT2D eigenvalue weighted by Crippen LogP contribution is 2.72. The lowest BCUT2D eigenvalue weighted by molar-refractivity contribution is -0.00729. The molecule has 0 bridgehead atoms. The van der Waals surface area contributed by atoms with Gasteiger partial charge in [0.1, 0.15) is 0 Å². The van der Waals surface area contributed by atoms with Crippen LogP contribution in [0.5, 0.6) is 0 Å². The van der Waals surface area contributed by atoms with E-state index < -0.39 is 12.2 Å². The summed E-state index contributed by atoms with van der Waals surface area (Å²) in [6.07, 6.45) is 6.48. The van der Waals surface area contributed by atoms with Crippen molar-refractivity contribution in [2.24, 2.45) is 47.3 Å². The molecule has 0 aromatic heterocycles. The van der Waals surface area contributed by atoms with Gasteiger partial charge in [0.2, 0.25) is 0 Å². The number of hydrogen-bond donors (Lipinski definition) is 2. The van der Waals surface area contributed by atoms with Gasteiger partial charge >= 0.3 is 0 Å². The van der Waals surface area contributed by atoms with Crippen molar-refractivity contribution in [3.05, 3.63) is 12.2 Å². The first kappa shape index (κ1) is 8.71. The van der Waals surface area contributed by atoms with Gasteiger partial charge in [0.25, 0.3) is 0 Å². The molecule has 0 heterocycles. The summed E-state index contributed by atoms with van der Waals surface area (Å²) >= 11 is 0. The van der Waals surface area contributed by atoms with E-state index in [0.717, 1.165) is 23.7 Å². The first-order valence-electron chi connectivity index (χ1n) is 6.82. The SMILES string of the molecule is O[C@@H]1[C@H](O)[C@@H]2C[C@@H]3C[C@@H]4C=C[C@H]5[C@@H]4[C@@H]3[C@@H]2[C@@H]15. The summed E-state index contributed by atoms with van der Waals surface area (Å²) in [7, 11) is 0. The summed E-state index contributed by atoms with van der Waals surface area (Å²) in [6.45, 7) is 0. The maximum atomic E-state index is 10.3. The van der Waals surface area contributed by atoms with Crippen LogP contribution in [0.25, 0.3) is 0 Å². The van der Waals surface area contributed by atoms with Crippen molar-refractivity contribution >= 4 is 0 Å². The molecule has 5 rings (SSSR count). The fourth-order valence-corrected chi connectivity index (χ4v) is 6.52. The predicted molar refractivity (Wildman–Crippen MR) is 58.3 cm³/mol. The van der Waals surface area contributed by atoms with Crippen molar-refractivity contribution in [2.45, 2.75) is 25.0 Å². The van der Waals surface area contributed by atoms with Crippen LogP contribution in [0.15, 0.2) is 12.2 Å². The molecule has 2 nitrogen and oxygen atoms in total. The zero-order valence-electron chi connectivity index (χ0n) is 9.24. The van der Waals surface area contributed by atoms with E-state index in [0.29, 0.717) is 23.7 Å². The lowest BCUT2D eigenvalue weighted by Crippen LogP contribution is -2.31. The number of hydrogen-bond acceptors (Lipinski definition) is 2. The average molecular weight is 218 g/mol. The van der Waals surface area contributed by atoms with Gasteiger partial charge in [-0.05, 0) is 60.2 Å². The van der Waals surface area contributed by atoms with Gasteiger partial charge in [0, 0.05) is 0 Å². The van der Waals surface area contributed by atoms with E-state index in [1.54, 1.807) is 0 Å². The van der Waals surface area contributed by atoms with Gasteiger partial charge in [0.05, 0.1) is 12.2 Å². The highest BCUT2D eigenvalue weighted by atomic mass is 16.3. The molecule has 2 N–H and O–H groups in total. The second kappa shape index (κ2) is 2.41. The van der Waals surface area contributed by atoms with Crippen LogP contribution in [0.4, 0.5) is 0 Å². The molecule has 4 fully saturated rings. The Labute approximate surface area is 95.4 Å². The van der Waals surface area contributed by atoms with E-state index in [1.807, 2.05) is 0 Å². The Balaban J connectivity index is 1.70. The number of aliphatic hydroxyl groups excluding tert-OH is 2. The van der Waals surface area contributed by atoms with E-state index >= 15 is 0 Å². The Bertz CT molecular complexity index is 390. The lowest BCUT2D eigenvalue weighted by atomic mass is 9.86. The summed E-state index contributed by atoms with van der Waals surface area (Å²) in [5.74, 6) is 5.43. The van der Waals surface area contributed by atoms with E-state index in [2.05, 4.69) is 12.2 Å². The minimum absolute atomic E-state index is 0.390. The van der Waals surface area contributed by atoms with Crippen molar-refractivity contribution in [1.29, 1.82) is 0 Å². The van der Waals surface area contributed by atoms with Gasteiger partial charge in [-0.25, -0.2) is 0 Å². The van der Waals surface area contributed by atoms with Gasteiger partial charge in [-0.15, -0.1) is 0 Å². The molecule has 10 atom stereocenters. The molecule has 0 unspecified atom stereocenters. The number of allylic oxidation sites excluding steroid dienone is 2. The van der Waals surface area contributed by atoms with Crippen LogP contribution >= 0.6 is 0 Å². The molecule has 0 spiro atoms. The van der Waals surface area contributed by atoms with E-state index in [4.69, 9.17) is 0 Å². The monoisotopic (exact) mass is 218 g/mol. The Kier molecular flexibility index (Phi) is 1.31. The highest BCUT2D eigenvalue weighted by Gasteiger charge is 2.71. The Morgan fingerprint density at radius 3 is 2.56 bits per heavy atom. The number of aliphatic hydroxyl groups is 2. The number of rotatable bonds is 0. The summed E-state index contributed by atoms with van der Waals surface area (Å²) in [6, 6.07) is 0. The molecule has 0 aliphatic heterocycles. The van der Waals surface area contributed by atoms with Crippen molar-refractivity contribution in [3.8, 4) is 0 Å². The van der Waals surface area contributed by atoms with Crippen LogP contribution in [0.3, 0.4) is 0 Å². The molecular formula is C14H18O2. The molecule has 5 aliphatic carbocycles. The molecule has 4 saturated carbocycles. The summed E-state index contributed by atoms with van der Waals surface area (Å²) in [5.41, 5.74) is 0. The smallest absolute Gasteiger partial charge is 0.0838 e. The van der Waals surface area contributed by atoms with Crippen molar-refractivity contribution in [1.82, 2.24) is 0 Å². The molecule has 2 heteroatoms. The molecule has 0 amide bonds. The number of fused-ring (bicyclic) bond motifs is 1. The first-order chi connectivity index (χ1) is 7.77. The fraction of sp³-hybridized carbons (Fsp3) is 0.857. The minimum atomic E-state index is -0.435. The Hall–Kier alpha value is -0.340. The van der Waals surface area contributed by atoms with Gasteiger partial charge in [-0.2, -0.15) is 0 Å². The maximum Gasteiger partial charge on any atom is 0.0838 e. The highest BCUT2D eigenvalue weighted by molar-refractivity contribution is 5.26. The lowest BCUT2D eigenvalue weighted by Gasteiger charge is -2.23. The quantitative estimate of drug-likeness (QED) is 0.596. The summed E-state index contributed by atoms with van der Waals surface area (Å²) in [4.78, 5) is 0. The van der Waals surface area contributed by atoms with Crippen molar-refractivity contribution in [2.75, 3.05) is 0 Å². The second-order valence-corrected chi connectivity index (χ2v) is 6.81. The van der Waals surface area contributed by atoms with Crippen LogP contribution in [0.2, 0.25) is 0 Å². The molecule has 5 aliphatic rings. The normalized spacial score (nSPS) is 72.9. The molecular weight excluding hydrogens is 200 g/mol. The third-order valence-corrected chi connectivity index (χ3v) is 6.67. The minimum Gasteiger partial charge on any atom is -0.390 e. The van der Waals surface area contributed by atoms with Gasteiger partial charge in [-0.3, -0.25) is 0 Å². The third-order valence-electron chi connectivity index (χ3n) is 6.67. The standard InChI is InChI=1S/C14H18O2/c15-13-8-4-6-3-5-1-2-7-9(5)10(6)11(8)12(7)14(13)16/h1-2,5-16H,3-4H2/t5-,6-,7-,8+,9+,10+,11+,12-,13+,14-/m0/s1. The van der Waals surface area contributed by atoms with Crippen LogP contribution in [-0.4, -0.2) is 22.4 Å². The summed E-state index contributed by atoms with van der Waals surface area (Å²) in [5, 5.41) is 20.4. The molecule has 86 valence electrons. The molecule has 0 aromatic rings. The largest absolute Gasteiger partial charge is 0.390 e. The van der Waals surface area contributed by atoms with E-state index in [9.17, 15) is 10.2 Å². The van der Waals surface area contributed by atoms with Crippen LogP contribution in [0, 0.1) is 47.3 Å². The zero-order valence-corrected chi connectivity index (χ0v) is 9.24. The summed E-state index contributed by atoms with van der Waals surface area (Å²) < 4.78 is 0. The van der Waals surface area contributed by atoms with Crippen LogP contribution < -0.4 is 0 Å². The first-order valence-corrected chi connectivity index (χ1v) is 6.82. The Morgan fingerprint density at radius 2 is 1.69 bits per heavy atom. The van der Waals surface area contributed by atoms with Crippen molar-refractivity contribution in [3.63, 3.8) is 0 Å². The molecule has 0 radical (unpaired) electrons. The van der Waals surface area contributed by atoms with E-state index in [1.165, 1.54) is 12.8 Å². The predicted octanol–water partition coefficient (Wildman–Crippen LogP) is 1.04. The topological polar surface area (TPSA) is 40.5 Å². The van der Waals surface area contributed by atoms with Crippen molar-refractivity contribution < 1.29 is 10.2 Å². The van der Waals surface area contributed by atoms with E-state index in [-0.39, 0.29) is 0 Å². The molecule has 0 aromatic carbocycles.